The van der Waals surface area contributed by atoms with Gasteiger partial charge in [-0.3, -0.25) is 0 Å². The molecule has 0 bridgehead atoms. The molecule has 0 aliphatic carbocycles. The van der Waals surface area contributed by atoms with Crippen molar-refractivity contribution < 1.29 is 4.79 Å². The molecule has 136 valence electrons. The van der Waals surface area contributed by atoms with Gasteiger partial charge in [0.2, 0.25) is 0 Å². The maximum atomic E-state index is 12.8. The third kappa shape index (κ3) is 3.39. The molecule has 0 radical (unpaired) electrons. The molecule has 1 saturated heterocycles. The van der Waals surface area contributed by atoms with Gasteiger partial charge in [-0.1, -0.05) is 23.8 Å². The lowest BCUT2D eigenvalue weighted by molar-refractivity contribution is 0.189. The highest BCUT2D eigenvalue weighted by Gasteiger charge is 2.28. The van der Waals surface area contributed by atoms with E-state index >= 15 is 0 Å². The molecule has 1 fully saturated rings. The minimum atomic E-state index is 0.0580. The van der Waals surface area contributed by atoms with Crippen LogP contribution in [-0.2, 0) is 13.0 Å². The van der Waals surface area contributed by atoms with E-state index in [0.29, 0.717) is 6.54 Å². The van der Waals surface area contributed by atoms with Crippen molar-refractivity contribution in [3.63, 3.8) is 0 Å². The van der Waals surface area contributed by atoms with Gasteiger partial charge in [-0.05, 0) is 55.5 Å². The standard InChI is InChI=1S/C21H26N4O/c1-15-11-16(2)19-7-10-25(13-17(19)12-15)21(26)23-18-6-9-24(14-18)20-5-3-4-8-22-20/h3-5,8,11-12,18H,6-7,9-10,13-14H2,1-2H3,(H,23,26). The van der Waals surface area contributed by atoms with Gasteiger partial charge in [0, 0.05) is 38.4 Å². The zero-order valence-electron chi connectivity index (χ0n) is 15.5. The molecule has 5 heteroatoms. The van der Waals surface area contributed by atoms with Crippen LogP contribution < -0.4 is 10.2 Å². The smallest absolute Gasteiger partial charge is 0.317 e. The molecule has 1 aromatic carbocycles. The minimum absolute atomic E-state index is 0.0580. The quantitative estimate of drug-likeness (QED) is 0.906. The lowest BCUT2D eigenvalue weighted by Crippen LogP contribution is -2.47. The van der Waals surface area contributed by atoms with Crippen LogP contribution in [0.4, 0.5) is 10.6 Å². The summed E-state index contributed by atoms with van der Waals surface area (Å²) in [6.07, 6.45) is 3.72. The van der Waals surface area contributed by atoms with E-state index in [9.17, 15) is 4.79 Å². The van der Waals surface area contributed by atoms with Crippen molar-refractivity contribution in [3.05, 3.63) is 58.8 Å². The summed E-state index contributed by atoms with van der Waals surface area (Å²) < 4.78 is 0. The lowest BCUT2D eigenvalue weighted by atomic mass is 9.93. The molecule has 0 spiro atoms. The zero-order valence-corrected chi connectivity index (χ0v) is 15.5. The average molecular weight is 350 g/mol. The molecule has 2 amide bonds. The minimum Gasteiger partial charge on any atom is -0.354 e. The van der Waals surface area contributed by atoms with Gasteiger partial charge in [-0.25, -0.2) is 9.78 Å². The first-order valence-corrected chi connectivity index (χ1v) is 9.40. The number of anilines is 1. The van der Waals surface area contributed by atoms with Crippen LogP contribution in [0, 0.1) is 13.8 Å². The zero-order chi connectivity index (χ0) is 18.1. The van der Waals surface area contributed by atoms with Crippen LogP contribution in [0.5, 0.6) is 0 Å². The van der Waals surface area contributed by atoms with Crippen LogP contribution >= 0.6 is 0 Å². The monoisotopic (exact) mass is 350 g/mol. The Bertz CT molecular complexity index is 805. The van der Waals surface area contributed by atoms with Gasteiger partial charge >= 0.3 is 6.03 Å². The van der Waals surface area contributed by atoms with Crippen molar-refractivity contribution in [3.8, 4) is 0 Å². The third-order valence-electron chi connectivity index (χ3n) is 5.48. The van der Waals surface area contributed by atoms with Gasteiger partial charge < -0.3 is 15.1 Å². The van der Waals surface area contributed by atoms with Crippen molar-refractivity contribution in [1.29, 1.82) is 0 Å². The van der Waals surface area contributed by atoms with E-state index in [0.717, 1.165) is 38.3 Å². The number of carbonyl (C=O) groups excluding carboxylic acids is 1. The number of rotatable bonds is 2. The predicted molar refractivity (Wildman–Crippen MR) is 103 cm³/mol. The fourth-order valence-corrected chi connectivity index (χ4v) is 4.18. The van der Waals surface area contributed by atoms with Gasteiger partial charge in [0.05, 0.1) is 0 Å². The molecule has 2 aliphatic rings. The summed E-state index contributed by atoms with van der Waals surface area (Å²) in [6.45, 7) is 7.55. The number of carbonyl (C=O) groups is 1. The van der Waals surface area contributed by atoms with Crippen LogP contribution in [0.25, 0.3) is 0 Å². The topological polar surface area (TPSA) is 48.5 Å². The lowest BCUT2D eigenvalue weighted by Gasteiger charge is -2.31. The molecule has 2 aliphatic heterocycles. The van der Waals surface area contributed by atoms with Crippen LogP contribution in [0.1, 0.15) is 28.7 Å². The Hall–Kier alpha value is -2.56. The molecule has 1 atom stereocenters. The number of fused-ring (bicyclic) bond motifs is 1. The molecule has 0 saturated carbocycles. The number of hydrogen-bond donors (Lipinski definition) is 1. The Morgan fingerprint density at radius 2 is 2.12 bits per heavy atom. The number of aryl methyl sites for hydroxylation is 2. The summed E-state index contributed by atoms with van der Waals surface area (Å²) in [7, 11) is 0. The molecule has 2 aromatic rings. The predicted octanol–water partition coefficient (Wildman–Crippen LogP) is 3.05. The summed E-state index contributed by atoms with van der Waals surface area (Å²) >= 11 is 0. The SMILES string of the molecule is Cc1cc(C)c2c(c1)CN(C(=O)NC1CCN(c3ccccn3)C1)CC2. The van der Waals surface area contributed by atoms with E-state index in [1.54, 1.807) is 0 Å². The van der Waals surface area contributed by atoms with E-state index < -0.39 is 0 Å². The Kier molecular flexibility index (Phi) is 4.53. The molecule has 26 heavy (non-hydrogen) atoms. The fraction of sp³-hybridized carbons (Fsp3) is 0.429. The number of aromatic nitrogens is 1. The number of urea groups is 1. The average Bonchev–Trinajstić information content (AvgIpc) is 3.10. The van der Waals surface area contributed by atoms with Crippen LogP contribution in [-0.4, -0.2) is 41.6 Å². The van der Waals surface area contributed by atoms with Crippen molar-refractivity contribution >= 4 is 11.8 Å². The molecular weight excluding hydrogens is 324 g/mol. The van der Waals surface area contributed by atoms with Crippen LogP contribution in [0.2, 0.25) is 0 Å². The maximum Gasteiger partial charge on any atom is 0.317 e. The second kappa shape index (κ2) is 6.98. The Morgan fingerprint density at radius 1 is 1.23 bits per heavy atom. The fourth-order valence-electron chi connectivity index (χ4n) is 4.18. The summed E-state index contributed by atoms with van der Waals surface area (Å²) in [5.74, 6) is 0.988. The van der Waals surface area contributed by atoms with E-state index in [2.05, 4.69) is 41.2 Å². The van der Waals surface area contributed by atoms with Crippen molar-refractivity contribution in [2.75, 3.05) is 24.5 Å². The normalized spacial score (nSPS) is 19.4. The molecule has 3 heterocycles. The highest BCUT2D eigenvalue weighted by Crippen LogP contribution is 2.24. The molecule has 1 N–H and O–H groups in total. The van der Waals surface area contributed by atoms with Gasteiger partial charge in [-0.2, -0.15) is 0 Å². The van der Waals surface area contributed by atoms with Gasteiger partial charge in [0.1, 0.15) is 5.82 Å². The van der Waals surface area contributed by atoms with Crippen molar-refractivity contribution in [2.24, 2.45) is 0 Å². The van der Waals surface area contributed by atoms with Crippen LogP contribution in [0.15, 0.2) is 36.5 Å². The number of pyridine rings is 1. The van der Waals surface area contributed by atoms with Crippen molar-refractivity contribution in [1.82, 2.24) is 15.2 Å². The number of benzene rings is 1. The highest BCUT2D eigenvalue weighted by atomic mass is 16.2. The molecule has 4 rings (SSSR count). The van der Waals surface area contributed by atoms with Gasteiger partial charge in [0.25, 0.3) is 0 Å². The highest BCUT2D eigenvalue weighted by molar-refractivity contribution is 5.75. The molecule has 1 unspecified atom stereocenters. The second-order valence-corrected chi connectivity index (χ2v) is 7.46. The number of nitrogens with zero attached hydrogens (tertiary/aromatic N) is 3. The van der Waals surface area contributed by atoms with Gasteiger partial charge in [-0.15, -0.1) is 0 Å². The van der Waals surface area contributed by atoms with Gasteiger partial charge in [0.15, 0.2) is 0 Å². The number of amides is 2. The van der Waals surface area contributed by atoms with Crippen LogP contribution in [0.3, 0.4) is 0 Å². The largest absolute Gasteiger partial charge is 0.354 e. The summed E-state index contributed by atoms with van der Waals surface area (Å²) in [4.78, 5) is 21.4. The van der Waals surface area contributed by atoms with E-state index in [1.165, 1.54) is 22.3 Å². The first-order valence-electron chi connectivity index (χ1n) is 9.40. The van der Waals surface area contributed by atoms with E-state index in [-0.39, 0.29) is 12.1 Å². The first kappa shape index (κ1) is 16.9. The Balaban J connectivity index is 1.37. The Labute approximate surface area is 155 Å². The summed E-state index contributed by atoms with van der Waals surface area (Å²) in [5, 5.41) is 3.23. The van der Waals surface area contributed by atoms with Crippen molar-refractivity contribution in [2.45, 2.75) is 39.3 Å². The molecule has 5 nitrogen and oxygen atoms in total. The maximum absolute atomic E-state index is 12.8. The molecule has 1 aromatic heterocycles. The summed E-state index contributed by atoms with van der Waals surface area (Å²) in [6, 6.07) is 10.7. The molecular formula is C21H26N4O. The first-order chi connectivity index (χ1) is 12.6. The number of hydrogen-bond acceptors (Lipinski definition) is 3. The Morgan fingerprint density at radius 3 is 2.92 bits per heavy atom. The summed E-state index contributed by atoms with van der Waals surface area (Å²) in [5.41, 5.74) is 5.33. The second-order valence-electron chi connectivity index (χ2n) is 7.46. The number of nitrogens with one attached hydrogen (secondary N) is 1. The van der Waals surface area contributed by atoms with E-state index in [1.807, 2.05) is 29.3 Å². The third-order valence-corrected chi connectivity index (χ3v) is 5.48. The van der Waals surface area contributed by atoms with E-state index in [4.69, 9.17) is 0 Å².